The van der Waals surface area contributed by atoms with E-state index in [9.17, 15) is 0 Å². The first-order chi connectivity index (χ1) is 8.27. The topological polar surface area (TPSA) is 36.9 Å². The molecule has 0 aromatic heterocycles. The second kappa shape index (κ2) is 8.79. The molecule has 0 rings (SSSR count). The van der Waals surface area contributed by atoms with Crippen LogP contribution in [0.3, 0.4) is 0 Å². The van der Waals surface area contributed by atoms with Crippen molar-refractivity contribution in [3.05, 3.63) is 0 Å². The third kappa shape index (κ3) is 6.24. The standard InChI is InChI=1S/C10H30O4Si4/c1-8-9(11-16(2)3)10(12-15,13-17(4)5)14-18(6)7/h9,16-18H,8H2,1-7,15H3. The van der Waals surface area contributed by atoms with Crippen LogP contribution in [0.5, 0.6) is 0 Å². The SMILES string of the molecule is CCC(O[SiH](C)C)C(O[SiH3])(O[SiH](C)C)O[SiH](C)C. The highest BCUT2D eigenvalue weighted by molar-refractivity contribution is 6.50. The molecule has 0 radical (unpaired) electrons. The Kier molecular flexibility index (Phi) is 9.14. The van der Waals surface area contributed by atoms with Crippen LogP contribution < -0.4 is 0 Å². The van der Waals surface area contributed by atoms with Gasteiger partial charge >= 0.3 is 0 Å². The van der Waals surface area contributed by atoms with Crippen molar-refractivity contribution in [1.29, 1.82) is 0 Å². The summed E-state index contributed by atoms with van der Waals surface area (Å²) in [6, 6.07) is 0. The largest absolute Gasteiger partial charge is 0.410 e. The summed E-state index contributed by atoms with van der Waals surface area (Å²) in [4.78, 5) is 0. The maximum Gasteiger partial charge on any atom is 0.279 e. The van der Waals surface area contributed by atoms with Gasteiger partial charge in [0.05, 0.1) is 0 Å². The van der Waals surface area contributed by atoms with E-state index in [4.69, 9.17) is 17.7 Å². The normalized spacial score (nSPS) is 15.0. The molecule has 0 saturated carbocycles. The summed E-state index contributed by atoms with van der Waals surface area (Å²) >= 11 is 0. The number of rotatable bonds is 9. The predicted octanol–water partition coefficient (Wildman–Crippen LogP) is 0.716. The minimum Gasteiger partial charge on any atom is -0.410 e. The van der Waals surface area contributed by atoms with Crippen LogP contribution in [0.25, 0.3) is 0 Å². The predicted molar refractivity (Wildman–Crippen MR) is 87.7 cm³/mol. The van der Waals surface area contributed by atoms with Crippen molar-refractivity contribution in [2.24, 2.45) is 0 Å². The molecule has 0 aliphatic rings. The molecule has 1 unspecified atom stereocenters. The summed E-state index contributed by atoms with van der Waals surface area (Å²) in [6.07, 6.45) is 0.766. The summed E-state index contributed by atoms with van der Waals surface area (Å²) in [5.41, 5.74) is 0. The van der Waals surface area contributed by atoms with Crippen molar-refractivity contribution < 1.29 is 17.7 Å². The van der Waals surface area contributed by atoms with Crippen LogP contribution in [-0.4, -0.2) is 49.7 Å². The lowest BCUT2D eigenvalue weighted by atomic mass is 10.2. The van der Waals surface area contributed by atoms with Crippen LogP contribution >= 0.6 is 0 Å². The Balaban J connectivity index is 5.09. The average molecular weight is 327 g/mol. The molecular weight excluding hydrogens is 296 g/mol. The quantitative estimate of drug-likeness (QED) is 0.462. The van der Waals surface area contributed by atoms with Gasteiger partial charge in [-0.3, -0.25) is 0 Å². The molecule has 18 heavy (non-hydrogen) atoms. The van der Waals surface area contributed by atoms with Crippen LogP contribution in [0, 0.1) is 0 Å². The van der Waals surface area contributed by atoms with Crippen LogP contribution in [0.4, 0.5) is 0 Å². The Bertz CT molecular complexity index is 216. The van der Waals surface area contributed by atoms with Gasteiger partial charge < -0.3 is 17.7 Å². The Morgan fingerprint density at radius 1 is 0.944 bits per heavy atom. The highest BCUT2D eigenvalue weighted by Gasteiger charge is 2.42. The van der Waals surface area contributed by atoms with E-state index in [0.29, 0.717) is 10.5 Å². The Hall–Kier alpha value is 0.708. The first-order valence-corrected chi connectivity index (χ1v) is 16.0. The van der Waals surface area contributed by atoms with E-state index < -0.39 is 33.1 Å². The van der Waals surface area contributed by atoms with Gasteiger partial charge in [-0.2, -0.15) is 0 Å². The monoisotopic (exact) mass is 326 g/mol. The van der Waals surface area contributed by atoms with Gasteiger partial charge in [0.15, 0.2) is 37.6 Å². The first kappa shape index (κ1) is 18.7. The molecule has 0 saturated heterocycles. The Morgan fingerprint density at radius 3 is 1.61 bits per heavy atom. The lowest BCUT2D eigenvalue weighted by Crippen LogP contribution is -2.55. The highest BCUT2D eigenvalue weighted by Crippen LogP contribution is 2.27. The molecule has 0 amide bonds. The maximum atomic E-state index is 6.11. The molecule has 0 aromatic rings. The van der Waals surface area contributed by atoms with Crippen LogP contribution in [0.1, 0.15) is 13.3 Å². The lowest BCUT2D eigenvalue weighted by molar-refractivity contribution is -0.303. The number of hydrogen-bond donors (Lipinski definition) is 0. The van der Waals surface area contributed by atoms with E-state index >= 15 is 0 Å². The van der Waals surface area contributed by atoms with Crippen molar-refractivity contribution in [2.75, 3.05) is 0 Å². The summed E-state index contributed by atoms with van der Waals surface area (Å²) in [5.74, 6) is -0.918. The van der Waals surface area contributed by atoms with Crippen molar-refractivity contribution in [2.45, 2.75) is 64.7 Å². The van der Waals surface area contributed by atoms with Crippen molar-refractivity contribution in [3.8, 4) is 0 Å². The molecular formula is C10H30O4Si4. The Morgan fingerprint density at radius 2 is 1.39 bits per heavy atom. The summed E-state index contributed by atoms with van der Waals surface area (Å²) in [6.45, 7) is 15.0. The van der Waals surface area contributed by atoms with E-state index in [-0.39, 0.29) is 6.10 Å². The van der Waals surface area contributed by atoms with Crippen molar-refractivity contribution in [3.63, 3.8) is 0 Å². The maximum absolute atomic E-state index is 6.11. The fraction of sp³-hybridized carbons (Fsp3) is 1.00. The zero-order valence-electron chi connectivity index (χ0n) is 13.1. The van der Waals surface area contributed by atoms with E-state index in [1.807, 2.05) is 0 Å². The van der Waals surface area contributed by atoms with Crippen LogP contribution in [0.2, 0.25) is 39.3 Å². The van der Waals surface area contributed by atoms with Crippen molar-refractivity contribution >= 4 is 37.6 Å². The zero-order valence-corrected chi connectivity index (χ0v) is 18.6. The van der Waals surface area contributed by atoms with Gasteiger partial charge in [-0.1, -0.05) is 6.92 Å². The zero-order chi connectivity index (χ0) is 14.3. The third-order valence-corrected chi connectivity index (χ3v) is 5.33. The van der Waals surface area contributed by atoms with Crippen LogP contribution in [0.15, 0.2) is 0 Å². The molecule has 0 aromatic carbocycles. The molecule has 0 bridgehead atoms. The van der Waals surface area contributed by atoms with Gasteiger partial charge in [-0.15, -0.1) is 0 Å². The van der Waals surface area contributed by atoms with E-state index in [1.165, 1.54) is 0 Å². The molecule has 8 heteroatoms. The lowest BCUT2D eigenvalue weighted by Gasteiger charge is -2.42. The molecule has 0 N–H and O–H groups in total. The van der Waals surface area contributed by atoms with Gasteiger partial charge in [0, 0.05) is 0 Å². The van der Waals surface area contributed by atoms with Gasteiger partial charge in [-0.05, 0) is 45.7 Å². The third-order valence-electron chi connectivity index (χ3n) is 2.29. The molecule has 4 nitrogen and oxygen atoms in total. The highest BCUT2D eigenvalue weighted by atomic mass is 28.3. The van der Waals surface area contributed by atoms with Crippen molar-refractivity contribution in [1.82, 2.24) is 0 Å². The van der Waals surface area contributed by atoms with Gasteiger partial charge in [0.2, 0.25) is 0 Å². The van der Waals surface area contributed by atoms with E-state index in [1.54, 1.807) is 0 Å². The fourth-order valence-electron chi connectivity index (χ4n) is 1.82. The minimum absolute atomic E-state index is 0.0912. The van der Waals surface area contributed by atoms with Gasteiger partial charge in [-0.25, -0.2) is 0 Å². The number of hydrogen-bond acceptors (Lipinski definition) is 4. The van der Waals surface area contributed by atoms with Gasteiger partial charge in [0.25, 0.3) is 5.97 Å². The van der Waals surface area contributed by atoms with E-state index in [2.05, 4.69) is 46.2 Å². The molecule has 0 spiro atoms. The smallest absolute Gasteiger partial charge is 0.279 e. The Labute approximate surface area is 120 Å². The summed E-state index contributed by atoms with van der Waals surface area (Å²) in [7, 11) is -3.07. The fourth-order valence-corrected chi connectivity index (χ4v) is 5.71. The molecule has 0 heterocycles. The van der Waals surface area contributed by atoms with E-state index in [0.717, 1.165) is 6.42 Å². The summed E-state index contributed by atoms with van der Waals surface area (Å²) < 4.78 is 24.1. The first-order valence-electron chi connectivity index (χ1n) is 6.83. The summed E-state index contributed by atoms with van der Waals surface area (Å²) in [5, 5.41) is 0. The molecule has 110 valence electrons. The molecule has 0 aliphatic carbocycles. The molecule has 1 atom stereocenters. The minimum atomic E-state index is -1.26. The molecule has 0 fully saturated rings. The molecule has 0 aliphatic heterocycles. The average Bonchev–Trinajstić information content (AvgIpc) is 2.23. The second-order valence-corrected chi connectivity index (χ2v) is 12.7. The second-order valence-electron chi connectivity index (χ2n) is 5.22. The van der Waals surface area contributed by atoms with Gasteiger partial charge in [0.1, 0.15) is 6.10 Å². The van der Waals surface area contributed by atoms with Crippen LogP contribution in [-0.2, 0) is 17.7 Å².